The standard InChI is InChI=1S/C22H25FN2O5S/c1-29-19-9-10-20(30-2)21(13-19)31(27,28)25-17-7-8-18(25)12-16(11-17)24-22(26)14-3-5-15(23)6-4-14/h3-6,9-10,13,16-18H,7-8,11-12H2,1-2H3,(H,24,26). The van der Waals surface area contributed by atoms with Gasteiger partial charge in [-0.2, -0.15) is 4.31 Å². The SMILES string of the molecule is COc1ccc(OC)c(S(=O)(=O)N2C3CCC2CC(NC(=O)c2ccc(F)cc2)C3)c1. The molecular formula is C22H25FN2O5S. The van der Waals surface area contributed by atoms with Gasteiger partial charge in [0, 0.05) is 29.8 Å². The van der Waals surface area contributed by atoms with Crippen LogP contribution in [0.15, 0.2) is 47.4 Å². The van der Waals surface area contributed by atoms with Gasteiger partial charge in [-0.1, -0.05) is 0 Å². The van der Waals surface area contributed by atoms with Gasteiger partial charge in [0.1, 0.15) is 22.2 Å². The van der Waals surface area contributed by atoms with E-state index >= 15 is 0 Å². The van der Waals surface area contributed by atoms with Crippen molar-refractivity contribution in [2.45, 2.75) is 48.7 Å². The summed E-state index contributed by atoms with van der Waals surface area (Å²) in [4.78, 5) is 12.6. The average molecular weight is 449 g/mol. The third kappa shape index (κ3) is 4.12. The normalized spacial score (nSPS) is 23.4. The Bertz CT molecular complexity index is 1060. The fourth-order valence-corrected chi connectivity index (χ4v) is 6.68. The molecule has 2 atom stereocenters. The second-order valence-electron chi connectivity index (χ2n) is 7.89. The number of carbonyl (C=O) groups is 1. The van der Waals surface area contributed by atoms with Gasteiger partial charge in [0.25, 0.3) is 5.91 Å². The van der Waals surface area contributed by atoms with Gasteiger partial charge in [0.05, 0.1) is 14.2 Å². The van der Waals surface area contributed by atoms with E-state index in [0.29, 0.717) is 24.2 Å². The lowest BCUT2D eigenvalue weighted by Crippen LogP contribution is -2.52. The molecule has 2 aliphatic heterocycles. The summed E-state index contributed by atoms with van der Waals surface area (Å²) in [7, 11) is -0.888. The van der Waals surface area contributed by atoms with Crippen LogP contribution >= 0.6 is 0 Å². The molecule has 166 valence electrons. The van der Waals surface area contributed by atoms with Crippen LogP contribution in [-0.4, -0.2) is 51.0 Å². The molecule has 1 N–H and O–H groups in total. The lowest BCUT2D eigenvalue weighted by molar-refractivity contribution is 0.0909. The van der Waals surface area contributed by atoms with Gasteiger partial charge in [-0.3, -0.25) is 4.79 Å². The molecule has 0 spiro atoms. The van der Waals surface area contributed by atoms with Crippen molar-refractivity contribution < 1.29 is 27.1 Å². The minimum Gasteiger partial charge on any atom is -0.497 e. The molecule has 31 heavy (non-hydrogen) atoms. The number of rotatable bonds is 6. The van der Waals surface area contributed by atoms with E-state index in [4.69, 9.17) is 9.47 Å². The molecule has 2 saturated heterocycles. The van der Waals surface area contributed by atoms with Crippen molar-refractivity contribution in [3.63, 3.8) is 0 Å². The van der Waals surface area contributed by atoms with Crippen LogP contribution < -0.4 is 14.8 Å². The number of carbonyl (C=O) groups excluding carboxylic acids is 1. The maximum atomic E-state index is 13.5. The molecule has 4 rings (SSSR count). The highest BCUT2D eigenvalue weighted by atomic mass is 32.2. The van der Waals surface area contributed by atoms with Gasteiger partial charge in [0.15, 0.2) is 0 Å². The number of hydrogen-bond acceptors (Lipinski definition) is 5. The molecule has 2 aromatic carbocycles. The number of benzene rings is 2. The maximum Gasteiger partial charge on any atom is 0.251 e. The molecule has 1 amide bonds. The van der Waals surface area contributed by atoms with Crippen molar-refractivity contribution in [1.29, 1.82) is 0 Å². The molecular weight excluding hydrogens is 423 g/mol. The van der Waals surface area contributed by atoms with Crippen LogP contribution in [0.5, 0.6) is 11.5 Å². The van der Waals surface area contributed by atoms with Crippen molar-refractivity contribution in [3.8, 4) is 11.5 Å². The molecule has 9 heteroatoms. The highest BCUT2D eigenvalue weighted by Gasteiger charge is 2.48. The molecule has 0 aliphatic carbocycles. The first-order valence-electron chi connectivity index (χ1n) is 10.2. The summed E-state index contributed by atoms with van der Waals surface area (Å²) in [6.45, 7) is 0. The Labute approximate surface area is 181 Å². The van der Waals surface area contributed by atoms with Gasteiger partial charge in [-0.05, 0) is 62.1 Å². The molecule has 0 aromatic heterocycles. The Morgan fingerprint density at radius 3 is 2.26 bits per heavy atom. The van der Waals surface area contributed by atoms with Crippen LogP contribution in [-0.2, 0) is 10.0 Å². The van der Waals surface area contributed by atoms with Crippen LogP contribution in [0.1, 0.15) is 36.0 Å². The predicted molar refractivity (Wildman–Crippen MR) is 112 cm³/mol. The summed E-state index contributed by atoms with van der Waals surface area (Å²) in [6, 6.07) is 9.53. The Kier molecular flexibility index (Phi) is 5.90. The van der Waals surface area contributed by atoms with Gasteiger partial charge in [-0.15, -0.1) is 0 Å². The number of amides is 1. The minimum atomic E-state index is -3.81. The van der Waals surface area contributed by atoms with E-state index in [1.165, 1.54) is 44.6 Å². The summed E-state index contributed by atoms with van der Waals surface area (Å²) >= 11 is 0. The van der Waals surface area contributed by atoms with E-state index in [1.54, 1.807) is 16.4 Å². The first kappa shape index (κ1) is 21.6. The van der Waals surface area contributed by atoms with E-state index in [2.05, 4.69) is 5.32 Å². The number of fused-ring (bicyclic) bond motifs is 2. The Morgan fingerprint density at radius 2 is 1.68 bits per heavy atom. The quantitative estimate of drug-likeness (QED) is 0.735. The van der Waals surface area contributed by atoms with Crippen molar-refractivity contribution in [1.82, 2.24) is 9.62 Å². The summed E-state index contributed by atoms with van der Waals surface area (Å²) < 4.78 is 52.3. The molecule has 2 unspecified atom stereocenters. The smallest absolute Gasteiger partial charge is 0.251 e. The van der Waals surface area contributed by atoms with Gasteiger partial charge in [0.2, 0.25) is 10.0 Å². The third-order valence-electron chi connectivity index (χ3n) is 6.03. The van der Waals surface area contributed by atoms with Crippen LogP contribution in [0.25, 0.3) is 0 Å². The maximum absolute atomic E-state index is 13.5. The lowest BCUT2D eigenvalue weighted by Gasteiger charge is -2.38. The summed E-state index contributed by atoms with van der Waals surface area (Å²) in [5.41, 5.74) is 0.380. The Morgan fingerprint density at radius 1 is 1.03 bits per heavy atom. The van der Waals surface area contributed by atoms with Crippen molar-refractivity contribution in [3.05, 3.63) is 53.8 Å². The molecule has 2 aliphatic rings. The average Bonchev–Trinajstić information content (AvgIpc) is 3.05. The van der Waals surface area contributed by atoms with Gasteiger partial charge in [-0.25, -0.2) is 12.8 Å². The molecule has 0 radical (unpaired) electrons. The van der Waals surface area contributed by atoms with Crippen LogP contribution in [0, 0.1) is 5.82 Å². The number of nitrogens with one attached hydrogen (secondary N) is 1. The Balaban J connectivity index is 1.53. The van der Waals surface area contributed by atoms with E-state index in [1.807, 2.05) is 0 Å². The minimum absolute atomic E-state index is 0.0834. The highest BCUT2D eigenvalue weighted by Crippen LogP contribution is 2.42. The molecule has 2 aromatic rings. The molecule has 2 bridgehead atoms. The number of piperidine rings is 1. The van der Waals surface area contributed by atoms with Crippen LogP contribution in [0.3, 0.4) is 0 Å². The van der Waals surface area contributed by atoms with Gasteiger partial charge < -0.3 is 14.8 Å². The summed E-state index contributed by atoms with van der Waals surface area (Å²) in [5.74, 6) is 0.0244. The number of nitrogens with zero attached hydrogens (tertiary/aromatic N) is 1. The third-order valence-corrected chi connectivity index (χ3v) is 8.06. The molecule has 7 nitrogen and oxygen atoms in total. The van der Waals surface area contributed by atoms with Crippen LogP contribution in [0.4, 0.5) is 4.39 Å². The molecule has 2 heterocycles. The number of sulfonamides is 1. The van der Waals surface area contributed by atoms with E-state index < -0.39 is 15.8 Å². The number of halogens is 1. The fourth-order valence-electron chi connectivity index (χ4n) is 4.61. The van der Waals surface area contributed by atoms with E-state index in [0.717, 1.165) is 12.8 Å². The first-order chi connectivity index (χ1) is 14.8. The summed E-state index contributed by atoms with van der Waals surface area (Å²) in [6.07, 6.45) is 2.52. The van der Waals surface area contributed by atoms with Gasteiger partial charge >= 0.3 is 0 Å². The topological polar surface area (TPSA) is 84.9 Å². The van der Waals surface area contributed by atoms with Crippen molar-refractivity contribution >= 4 is 15.9 Å². The lowest BCUT2D eigenvalue weighted by atomic mass is 9.99. The first-order valence-corrected chi connectivity index (χ1v) is 11.6. The zero-order chi connectivity index (χ0) is 22.2. The number of methoxy groups -OCH3 is 2. The van der Waals surface area contributed by atoms with Crippen molar-refractivity contribution in [2.75, 3.05) is 14.2 Å². The molecule has 2 fully saturated rings. The number of ether oxygens (including phenoxy) is 2. The van der Waals surface area contributed by atoms with Crippen LogP contribution in [0.2, 0.25) is 0 Å². The zero-order valence-corrected chi connectivity index (χ0v) is 18.2. The molecule has 0 saturated carbocycles. The zero-order valence-electron chi connectivity index (χ0n) is 17.4. The number of hydrogen-bond donors (Lipinski definition) is 1. The second-order valence-corrected chi connectivity index (χ2v) is 9.70. The van der Waals surface area contributed by atoms with E-state index in [9.17, 15) is 17.6 Å². The largest absolute Gasteiger partial charge is 0.497 e. The predicted octanol–water partition coefficient (Wildman–Crippen LogP) is 2.96. The fraction of sp³-hybridized carbons (Fsp3) is 0.409. The Hall–Kier alpha value is -2.65. The van der Waals surface area contributed by atoms with Crippen molar-refractivity contribution in [2.24, 2.45) is 0 Å². The monoisotopic (exact) mass is 448 g/mol. The summed E-state index contributed by atoms with van der Waals surface area (Å²) in [5, 5.41) is 2.98. The van der Waals surface area contributed by atoms with E-state index in [-0.39, 0.29) is 34.7 Å². The highest BCUT2D eigenvalue weighted by molar-refractivity contribution is 7.89. The second kappa shape index (κ2) is 8.47.